The molecule has 0 aromatic heterocycles. The van der Waals surface area contributed by atoms with Gasteiger partial charge in [0.15, 0.2) is 0 Å². The minimum atomic E-state index is -0.443. The van der Waals surface area contributed by atoms with E-state index in [1.165, 1.54) is 0 Å². The zero-order valence-corrected chi connectivity index (χ0v) is 13.3. The van der Waals surface area contributed by atoms with Gasteiger partial charge in [0.05, 0.1) is 24.4 Å². The molecule has 2 N–H and O–H groups in total. The average Bonchev–Trinajstić information content (AvgIpc) is 2.41. The van der Waals surface area contributed by atoms with Gasteiger partial charge in [-0.15, -0.1) is 0 Å². The van der Waals surface area contributed by atoms with E-state index >= 15 is 0 Å². The summed E-state index contributed by atoms with van der Waals surface area (Å²) >= 11 is 0. The summed E-state index contributed by atoms with van der Waals surface area (Å²) in [4.78, 5) is 0. The minimum Gasteiger partial charge on any atom is -0.390 e. The van der Waals surface area contributed by atoms with Gasteiger partial charge in [-0.2, -0.15) is 0 Å². The van der Waals surface area contributed by atoms with Crippen molar-refractivity contribution in [1.82, 2.24) is 0 Å². The first-order valence-corrected chi connectivity index (χ1v) is 8.16. The fourth-order valence-electron chi connectivity index (χ4n) is 3.42. The van der Waals surface area contributed by atoms with E-state index in [1.807, 2.05) is 13.8 Å². The molecule has 2 rings (SSSR count). The molecular formula is C16H30O5. The zero-order valence-electron chi connectivity index (χ0n) is 13.3. The molecule has 124 valence electrons. The van der Waals surface area contributed by atoms with Crippen LogP contribution >= 0.6 is 0 Å². The third-order valence-electron chi connectivity index (χ3n) is 5.03. The molecule has 0 aromatic rings. The molecule has 2 fully saturated rings. The van der Waals surface area contributed by atoms with Crippen LogP contribution in [0.5, 0.6) is 0 Å². The molecule has 0 bridgehead atoms. The predicted molar refractivity (Wildman–Crippen MR) is 78.7 cm³/mol. The lowest BCUT2D eigenvalue weighted by Gasteiger charge is -2.43. The number of rotatable bonds is 10. The molecule has 5 nitrogen and oxygen atoms in total. The molecule has 2 aliphatic rings. The van der Waals surface area contributed by atoms with Gasteiger partial charge in [0.25, 0.3) is 0 Å². The lowest BCUT2D eigenvalue weighted by atomic mass is 9.70. The zero-order chi connectivity index (χ0) is 15.3. The summed E-state index contributed by atoms with van der Waals surface area (Å²) in [6.07, 6.45) is 4.98. The van der Waals surface area contributed by atoms with Crippen molar-refractivity contribution in [3.05, 3.63) is 0 Å². The Morgan fingerprint density at radius 1 is 0.762 bits per heavy atom. The average molecular weight is 302 g/mol. The Bertz CT molecular complexity index is 278. The van der Waals surface area contributed by atoms with E-state index in [1.54, 1.807) is 0 Å². The van der Waals surface area contributed by atoms with Gasteiger partial charge in [-0.25, -0.2) is 0 Å². The quantitative estimate of drug-likeness (QED) is 0.477. The predicted octanol–water partition coefficient (Wildman–Crippen LogP) is 2.05. The number of hydrogen-bond donors (Lipinski definition) is 2. The molecule has 0 unspecified atom stereocenters. The van der Waals surface area contributed by atoms with E-state index in [4.69, 9.17) is 14.2 Å². The Hall–Kier alpha value is -0.200. The van der Waals surface area contributed by atoms with Gasteiger partial charge in [0, 0.05) is 0 Å². The summed E-state index contributed by atoms with van der Waals surface area (Å²) in [7, 11) is 0. The first-order valence-electron chi connectivity index (χ1n) is 8.16. The number of aliphatic hydroxyl groups is 2. The Balaban J connectivity index is 1.35. The van der Waals surface area contributed by atoms with E-state index in [9.17, 15) is 10.2 Å². The summed E-state index contributed by atoms with van der Waals surface area (Å²) in [6.45, 7) is 5.81. The Labute approximate surface area is 127 Å². The van der Waals surface area contributed by atoms with Crippen molar-refractivity contribution in [1.29, 1.82) is 0 Å². The van der Waals surface area contributed by atoms with Crippen molar-refractivity contribution >= 4 is 0 Å². The van der Waals surface area contributed by atoms with Crippen molar-refractivity contribution in [3.63, 3.8) is 0 Å². The molecule has 0 radical (unpaired) electrons. The van der Waals surface area contributed by atoms with E-state index in [0.717, 1.165) is 38.5 Å². The molecule has 0 heterocycles. The normalized spacial score (nSPS) is 38.9. The molecule has 0 aromatic carbocycles. The van der Waals surface area contributed by atoms with Gasteiger partial charge in [-0.3, -0.25) is 0 Å². The smallest absolute Gasteiger partial charge is 0.149 e. The van der Waals surface area contributed by atoms with Gasteiger partial charge >= 0.3 is 0 Å². The van der Waals surface area contributed by atoms with E-state index in [-0.39, 0.29) is 13.6 Å². The standard InChI is InChI=1S/C16H30O5/c1-3-15(17)5-13(6-15)9-19-11-21-12-20-10-14-7-16(18,4-2)8-14/h13-14,17-18H,3-12H2,1-2H3. The highest BCUT2D eigenvalue weighted by molar-refractivity contribution is 4.93. The molecular weight excluding hydrogens is 272 g/mol. The third kappa shape index (κ3) is 4.89. The summed E-state index contributed by atoms with van der Waals surface area (Å²) in [5.74, 6) is 0.919. The van der Waals surface area contributed by atoms with E-state index in [2.05, 4.69) is 0 Å². The second-order valence-corrected chi connectivity index (χ2v) is 6.89. The van der Waals surface area contributed by atoms with Gasteiger partial charge in [-0.1, -0.05) is 13.8 Å². The molecule has 2 saturated carbocycles. The van der Waals surface area contributed by atoms with Crippen LogP contribution in [-0.2, 0) is 14.2 Å². The van der Waals surface area contributed by atoms with Crippen LogP contribution in [0.2, 0.25) is 0 Å². The van der Waals surface area contributed by atoms with E-state index < -0.39 is 11.2 Å². The van der Waals surface area contributed by atoms with Gasteiger partial charge < -0.3 is 24.4 Å². The van der Waals surface area contributed by atoms with Crippen LogP contribution in [-0.4, -0.2) is 48.2 Å². The van der Waals surface area contributed by atoms with Crippen LogP contribution in [0.15, 0.2) is 0 Å². The van der Waals surface area contributed by atoms with Gasteiger partial charge in [-0.05, 0) is 50.4 Å². The van der Waals surface area contributed by atoms with Crippen molar-refractivity contribution in [2.75, 3.05) is 26.8 Å². The first kappa shape index (κ1) is 17.2. The van der Waals surface area contributed by atoms with Crippen molar-refractivity contribution < 1.29 is 24.4 Å². The monoisotopic (exact) mass is 302 g/mol. The number of hydrogen-bond acceptors (Lipinski definition) is 5. The van der Waals surface area contributed by atoms with Crippen LogP contribution in [0.4, 0.5) is 0 Å². The minimum absolute atomic E-state index is 0.241. The van der Waals surface area contributed by atoms with Crippen molar-refractivity contribution in [2.45, 2.75) is 63.6 Å². The summed E-state index contributed by atoms with van der Waals surface area (Å²) < 4.78 is 16.1. The highest BCUT2D eigenvalue weighted by atomic mass is 16.7. The molecule has 5 heteroatoms. The van der Waals surface area contributed by atoms with Crippen LogP contribution in [0.25, 0.3) is 0 Å². The van der Waals surface area contributed by atoms with Crippen LogP contribution in [0, 0.1) is 11.8 Å². The van der Waals surface area contributed by atoms with Gasteiger partial charge in [0.2, 0.25) is 0 Å². The van der Waals surface area contributed by atoms with Crippen molar-refractivity contribution in [3.8, 4) is 0 Å². The molecule has 0 aliphatic heterocycles. The summed E-state index contributed by atoms with van der Waals surface area (Å²) in [5, 5.41) is 19.7. The lowest BCUT2D eigenvalue weighted by molar-refractivity contribution is -0.169. The topological polar surface area (TPSA) is 68.2 Å². The fraction of sp³-hybridized carbons (Fsp3) is 1.00. The SMILES string of the molecule is CCC1(O)CC(COCOCOCC2CC(O)(CC)C2)C1. The van der Waals surface area contributed by atoms with E-state index in [0.29, 0.717) is 25.0 Å². The maximum absolute atomic E-state index is 9.87. The fourth-order valence-corrected chi connectivity index (χ4v) is 3.42. The molecule has 0 atom stereocenters. The Morgan fingerprint density at radius 3 is 1.48 bits per heavy atom. The summed E-state index contributed by atoms with van der Waals surface area (Å²) in [6, 6.07) is 0. The molecule has 21 heavy (non-hydrogen) atoms. The highest BCUT2D eigenvalue weighted by Gasteiger charge is 2.41. The van der Waals surface area contributed by atoms with Gasteiger partial charge in [0.1, 0.15) is 13.6 Å². The molecule has 0 amide bonds. The van der Waals surface area contributed by atoms with Crippen LogP contribution < -0.4 is 0 Å². The largest absolute Gasteiger partial charge is 0.390 e. The number of ether oxygens (including phenoxy) is 3. The highest BCUT2D eigenvalue weighted by Crippen LogP contribution is 2.40. The second-order valence-electron chi connectivity index (χ2n) is 6.89. The third-order valence-corrected chi connectivity index (χ3v) is 5.03. The van der Waals surface area contributed by atoms with Crippen LogP contribution in [0.3, 0.4) is 0 Å². The van der Waals surface area contributed by atoms with Crippen molar-refractivity contribution in [2.24, 2.45) is 11.8 Å². The second kappa shape index (κ2) is 7.38. The Morgan fingerprint density at radius 2 is 1.14 bits per heavy atom. The van der Waals surface area contributed by atoms with Crippen LogP contribution in [0.1, 0.15) is 52.4 Å². The molecule has 0 spiro atoms. The summed E-state index contributed by atoms with van der Waals surface area (Å²) in [5.41, 5.74) is -0.887. The first-order chi connectivity index (χ1) is 9.99. The molecule has 0 saturated heterocycles. The molecule has 2 aliphatic carbocycles. The Kier molecular flexibility index (Phi) is 6.03. The maximum atomic E-state index is 9.87. The lowest BCUT2D eigenvalue weighted by Crippen LogP contribution is -2.45. The maximum Gasteiger partial charge on any atom is 0.149 e.